The minimum Gasteiger partial charge on any atom is -0.325 e. The molecule has 2 amide bonds. The van der Waals surface area contributed by atoms with Crippen molar-refractivity contribution in [3.05, 3.63) is 60.2 Å². The lowest BCUT2D eigenvalue weighted by Crippen LogP contribution is -2.36. The highest BCUT2D eigenvalue weighted by Crippen LogP contribution is 2.17. The topological polar surface area (TPSA) is 75.4 Å². The van der Waals surface area contributed by atoms with Gasteiger partial charge in [-0.1, -0.05) is 24.3 Å². The number of nitrogens with two attached hydrogens (primary N) is 1. The lowest BCUT2D eigenvalue weighted by Gasteiger charge is -2.18. The van der Waals surface area contributed by atoms with Crippen LogP contribution in [0.25, 0.3) is 0 Å². The molecule has 0 saturated carbocycles. The molecule has 2 aromatic carbocycles. The molecule has 0 saturated heterocycles. The van der Waals surface area contributed by atoms with E-state index < -0.39 is 6.04 Å². The minimum absolute atomic E-state index is 0. The monoisotopic (exact) mass is 393 g/mol. The maximum absolute atomic E-state index is 12.6. The van der Waals surface area contributed by atoms with Crippen LogP contribution in [0.4, 0.5) is 11.4 Å². The zero-order valence-corrected chi connectivity index (χ0v) is 16.5. The lowest BCUT2D eigenvalue weighted by atomic mass is 10.1. The number of thioether (sulfide) groups is 1. The fourth-order valence-corrected chi connectivity index (χ4v) is 2.79. The molecule has 0 aliphatic rings. The van der Waals surface area contributed by atoms with Gasteiger partial charge in [-0.25, -0.2) is 0 Å². The maximum atomic E-state index is 12.6. The van der Waals surface area contributed by atoms with Gasteiger partial charge in [0.05, 0.1) is 6.04 Å². The Hall–Kier alpha value is -2.02. The van der Waals surface area contributed by atoms with E-state index in [0.717, 1.165) is 11.4 Å². The van der Waals surface area contributed by atoms with Crippen LogP contribution >= 0.6 is 24.2 Å². The van der Waals surface area contributed by atoms with Crippen molar-refractivity contribution in [2.75, 3.05) is 29.3 Å². The summed E-state index contributed by atoms with van der Waals surface area (Å²) in [5, 5.41) is 2.78. The standard InChI is InChI=1S/C19H23N3O2S.ClH/c1-22(16-9-4-3-5-10-16)19(24)14-7-6-8-15(13-14)21-18(23)17(20)11-12-25-2;/h3-10,13,17H,11-12,20H2,1-2H3,(H,21,23);1H/t17-;/m0./s1. The molecule has 0 aliphatic heterocycles. The molecule has 140 valence electrons. The smallest absolute Gasteiger partial charge is 0.258 e. The van der Waals surface area contributed by atoms with Crippen molar-refractivity contribution in [1.29, 1.82) is 0 Å². The van der Waals surface area contributed by atoms with Gasteiger partial charge in [-0.2, -0.15) is 11.8 Å². The summed E-state index contributed by atoms with van der Waals surface area (Å²) in [6.45, 7) is 0. The molecule has 1 atom stereocenters. The van der Waals surface area contributed by atoms with E-state index in [9.17, 15) is 9.59 Å². The molecule has 0 unspecified atom stereocenters. The van der Waals surface area contributed by atoms with Crippen molar-refractivity contribution in [3.8, 4) is 0 Å². The van der Waals surface area contributed by atoms with E-state index in [1.807, 2.05) is 36.6 Å². The first-order valence-corrected chi connectivity index (χ1v) is 9.41. The molecule has 26 heavy (non-hydrogen) atoms. The Balaban J connectivity index is 0.00000338. The SMILES string of the molecule is CSCC[C@H](N)C(=O)Nc1cccc(C(=O)N(C)c2ccccc2)c1.Cl. The van der Waals surface area contributed by atoms with E-state index in [1.165, 1.54) is 0 Å². The van der Waals surface area contributed by atoms with Gasteiger partial charge >= 0.3 is 0 Å². The highest BCUT2D eigenvalue weighted by molar-refractivity contribution is 7.98. The Morgan fingerprint density at radius 1 is 1.15 bits per heavy atom. The number of nitrogens with one attached hydrogen (secondary N) is 1. The van der Waals surface area contributed by atoms with Crippen LogP contribution < -0.4 is 16.0 Å². The number of carbonyl (C=O) groups excluding carboxylic acids is 2. The zero-order valence-electron chi connectivity index (χ0n) is 14.8. The normalized spacial score (nSPS) is 11.2. The fourth-order valence-electron chi connectivity index (χ4n) is 2.30. The summed E-state index contributed by atoms with van der Waals surface area (Å²) in [4.78, 5) is 26.3. The Kier molecular flexibility index (Phi) is 9.19. The van der Waals surface area contributed by atoms with E-state index >= 15 is 0 Å². The average molecular weight is 394 g/mol. The Morgan fingerprint density at radius 2 is 1.85 bits per heavy atom. The lowest BCUT2D eigenvalue weighted by molar-refractivity contribution is -0.117. The van der Waals surface area contributed by atoms with Gasteiger partial charge in [0.15, 0.2) is 0 Å². The zero-order chi connectivity index (χ0) is 18.2. The van der Waals surface area contributed by atoms with Crippen LogP contribution in [0, 0.1) is 0 Å². The summed E-state index contributed by atoms with van der Waals surface area (Å²) >= 11 is 1.65. The van der Waals surface area contributed by atoms with Crippen LogP contribution in [-0.4, -0.2) is 36.9 Å². The predicted molar refractivity (Wildman–Crippen MR) is 112 cm³/mol. The van der Waals surface area contributed by atoms with E-state index in [2.05, 4.69) is 5.32 Å². The number of para-hydroxylation sites is 1. The number of hydrogen-bond acceptors (Lipinski definition) is 4. The van der Waals surface area contributed by atoms with Gasteiger partial charge in [-0.15, -0.1) is 12.4 Å². The quantitative estimate of drug-likeness (QED) is 0.755. The van der Waals surface area contributed by atoms with Gasteiger partial charge in [0.1, 0.15) is 0 Å². The van der Waals surface area contributed by atoms with Crippen LogP contribution in [0.15, 0.2) is 54.6 Å². The molecule has 2 aromatic rings. The summed E-state index contributed by atoms with van der Waals surface area (Å²) in [5.41, 5.74) is 7.75. The van der Waals surface area contributed by atoms with Crippen molar-refractivity contribution in [2.24, 2.45) is 5.73 Å². The second-order valence-corrected chi connectivity index (χ2v) is 6.64. The molecule has 0 fully saturated rings. The first-order valence-electron chi connectivity index (χ1n) is 8.01. The number of rotatable bonds is 7. The van der Waals surface area contributed by atoms with Crippen LogP contribution in [0.2, 0.25) is 0 Å². The highest BCUT2D eigenvalue weighted by Gasteiger charge is 2.16. The van der Waals surface area contributed by atoms with Crippen LogP contribution in [0.1, 0.15) is 16.8 Å². The summed E-state index contributed by atoms with van der Waals surface area (Å²) < 4.78 is 0. The van der Waals surface area contributed by atoms with Crippen molar-refractivity contribution in [1.82, 2.24) is 0 Å². The maximum Gasteiger partial charge on any atom is 0.258 e. The molecule has 0 aromatic heterocycles. The second kappa shape index (κ2) is 10.9. The van der Waals surface area contributed by atoms with E-state index in [1.54, 1.807) is 48.0 Å². The van der Waals surface area contributed by atoms with Crippen LogP contribution in [-0.2, 0) is 4.79 Å². The molecule has 0 bridgehead atoms. The summed E-state index contributed by atoms with van der Waals surface area (Å²) in [7, 11) is 1.72. The predicted octanol–water partition coefficient (Wildman–Crippen LogP) is 3.40. The number of hydrogen-bond donors (Lipinski definition) is 2. The first kappa shape index (κ1) is 22.0. The highest BCUT2D eigenvalue weighted by atomic mass is 35.5. The van der Waals surface area contributed by atoms with Crippen molar-refractivity contribution in [2.45, 2.75) is 12.5 Å². The molecule has 7 heteroatoms. The third kappa shape index (κ3) is 6.05. The summed E-state index contributed by atoms with van der Waals surface area (Å²) in [6, 6.07) is 15.7. The second-order valence-electron chi connectivity index (χ2n) is 5.66. The Morgan fingerprint density at radius 3 is 2.50 bits per heavy atom. The van der Waals surface area contributed by atoms with E-state index in [0.29, 0.717) is 17.7 Å². The Labute approximate surface area is 164 Å². The fraction of sp³-hybridized carbons (Fsp3) is 0.263. The van der Waals surface area contributed by atoms with Gasteiger partial charge < -0.3 is 16.0 Å². The van der Waals surface area contributed by atoms with E-state index in [-0.39, 0.29) is 24.2 Å². The number of nitrogens with zero attached hydrogens (tertiary/aromatic N) is 1. The van der Waals surface area contributed by atoms with Crippen molar-refractivity contribution in [3.63, 3.8) is 0 Å². The first-order chi connectivity index (χ1) is 12.0. The molecular weight excluding hydrogens is 370 g/mol. The third-order valence-electron chi connectivity index (χ3n) is 3.79. The summed E-state index contributed by atoms with van der Waals surface area (Å²) in [5.74, 6) is 0.443. The third-order valence-corrected chi connectivity index (χ3v) is 4.44. The van der Waals surface area contributed by atoms with E-state index in [4.69, 9.17) is 5.73 Å². The number of anilines is 2. The largest absolute Gasteiger partial charge is 0.325 e. The van der Waals surface area contributed by atoms with Crippen molar-refractivity contribution < 1.29 is 9.59 Å². The van der Waals surface area contributed by atoms with Gasteiger partial charge in [0, 0.05) is 24.0 Å². The Bertz CT molecular complexity index is 728. The average Bonchev–Trinajstić information content (AvgIpc) is 2.65. The minimum atomic E-state index is -0.557. The number of benzene rings is 2. The molecule has 3 N–H and O–H groups in total. The van der Waals surface area contributed by atoms with Gasteiger partial charge in [-0.05, 0) is 48.8 Å². The molecule has 0 radical (unpaired) electrons. The molecule has 0 aliphatic carbocycles. The van der Waals surface area contributed by atoms with Crippen LogP contribution in [0.3, 0.4) is 0 Å². The molecule has 0 heterocycles. The molecular formula is C19H24ClN3O2S. The van der Waals surface area contributed by atoms with Gasteiger partial charge in [-0.3, -0.25) is 9.59 Å². The number of amides is 2. The summed E-state index contributed by atoms with van der Waals surface area (Å²) in [6.07, 6.45) is 2.59. The van der Waals surface area contributed by atoms with Gasteiger partial charge in [0.2, 0.25) is 5.91 Å². The van der Waals surface area contributed by atoms with Crippen LogP contribution in [0.5, 0.6) is 0 Å². The number of carbonyl (C=O) groups is 2. The molecule has 5 nitrogen and oxygen atoms in total. The molecule has 0 spiro atoms. The number of halogens is 1. The van der Waals surface area contributed by atoms with Crippen molar-refractivity contribution >= 4 is 47.4 Å². The molecule has 2 rings (SSSR count). The van der Waals surface area contributed by atoms with Gasteiger partial charge in [0.25, 0.3) is 5.91 Å².